The Morgan fingerprint density at radius 3 is 2.69 bits per heavy atom. The van der Waals surface area contributed by atoms with Gasteiger partial charge in [0.25, 0.3) is 0 Å². The number of aliphatic hydroxyl groups excluding tert-OH is 1. The molecule has 0 radical (unpaired) electrons. The molecule has 0 bridgehead atoms. The predicted molar refractivity (Wildman–Crippen MR) is 113 cm³/mol. The second kappa shape index (κ2) is 9.00. The molecule has 2 heterocycles. The van der Waals surface area contributed by atoms with Gasteiger partial charge in [0.2, 0.25) is 0 Å². The van der Waals surface area contributed by atoms with Crippen LogP contribution in [0.3, 0.4) is 0 Å². The van der Waals surface area contributed by atoms with Gasteiger partial charge in [-0.3, -0.25) is 0 Å². The van der Waals surface area contributed by atoms with Crippen molar-refractivity contribution in [2.75, 3.05) is 11.5 Å². The van der Waals surface area contributed by atoms with Crippen LogP contribution in [0.5, 0.6) is 0 Å². The van der Waals surface area contributed by atoms with Crippen molar-refractivity contribution >= 4 is 17.4 Å². The SMILES string of the molecule is Cn1ccnc1SC[C@H]1C[C@@H](c2ccc(CO)cc2)O[C@@H](c2cccc(N)c2)O1. The fourth-order valence-corrected chi connectivity index (χ4v) is 4.34. The Morgan fingerprint density at radius 1 is 1.17 bits per heavy atom. The summed E-state index contributed by atoms with van der Waals surface area (Å²) in [6.07, 6.45) is 3.90. The monoisotopic (exact) mass is 411 g/mol. The van der Waals surface area contributed by atoms with Crippen LogP contribution in [0.1, 0.15) is 35.5 Å². The number of rotatable bonds is 6. The molecule has 3 aromatic rings. The minimum absolute atomic E-state index is 0.000557. The Bertz CT molecular complexity index is 944. The van der Waals surface area contributed by atoms with E-state index in [1.165, 1.54) is 0 Å². The van der Waals surface area contributed by atoms with E-state index in [0.717, 1.165) is 34.0 Å². The second-order valence-electron chi connectivity index (χ2n) is 7.15. The quantitative estimate of drug-likeness (QED) is 0.474. The van der Waals surface area contributed by atoms with Crippen LogP contribution in [0.2, 0.25) is 0 Å². The minimum atomic E-state index is -0.485. The number of aromatic nitrogens is 2. The molecule has 0 amide bonds. The molecule has 29 heavy (non-hydrogen) atoms. The molecule has 0 unspecified atom stereocenters. The Kier molecular flexibility index (Phi) is 6.20. The van der Waals surface area contributed by atoms with E-state index in [9.17, 15) is 5.11 Å². The number of imidazole rings is 1. The van der Waals surface area contributed by atoms with Gasteiger partial charge in [-0.2, -0.15) is 0 Å². The molecule has 0 saturated carbocycles. The molecule has 3 N–H and O–H groups in total. The van der Waals surface area contributed by atoms with Crippen LogP contribution in [-0.2, 0) is 23.1 Å². The highest BCUT2D eigenvalue weighted by molar-refractivity contribution is 7.99. The number of ether oxygens (including phenoxy) is 2. The fourth-order valence-electron chi connectivity index (χ4n) is 3.39. The average Bonchev–Trinajstić information content (AvgIpc) is 3.17. The molecule has 4 rings (SSSR count). The standard InChI is InChI=1S/C22H25N3O3S/c1-25-10-9-24-22(25)29-14-19-12-20(16-7-5-15(13-26)6-8-16)28-21(27-19)17-3-2-4-18(23)11-17/h2-11,19-21,26H,12-14,23H2,1H3/t19-,20+,21+/m1/s1. The highest BCUT2D eigenvalue weighted by Gasteiger charge is 2.32. The number of nitrogens with zero attached hydrogens (tertiary/aromatic N) is 2. The van der Waals surface area contributed by atoms with Crippen LogP contribution in [-0.4, -0.2) is 26.5 Å². The van der Waals surface area contributed by atoms with Crippen LogP contribution >= 0.6 is 11.8 Å². The molecule has 1 fully saturated rings. The summed E-state index contributed by atoms with van der Waals surface area (Å²) in [4.78, 5) is 4.38. The van der Waals surface area contributed by atoms with Crippen LogP contribution < -0.4 is 5.73 Å². The molecule has 1 aromatic heterocycles. The Hall–Kier alpha value is -2.32. The largest absolute Gasteiger partial charge is 0.399 e. The molecule has 2 aromatic carbocycles. The van der Waals surface area contributed by atoms with Crippen LogP contribution in [0.25, 0.3) is 0 Å². The van der Waals surface area contributed by atoms with Gasteiger partial charge in [0, 0.05) is 42.9 Å². The first-order valence-electron chi connectivity index (χ1n) is 9.58. The maximum Gasteiger partial charge on any atom is 0.184 e. The first-order valence-corrected chi connectivity index (χ1v) is 10.6. The van der Waals surface area contributed by atoms with Crippen molar-refractivity contribution in [1.82, 2.24) is 9.55 Å². The zero-order valence-electron chi connectivity index (χ0n) is 16.3. The smallest absolute Gasteiger partial charge is 0.184 e. The lowest BCUT2D eigenvalue weighted by molar-refractivity contribution is -0.245. The number of benzene rings is 2. The van der Waals surface area contributed by atoms with E-state index in [2.05, 4.69) is 4.98 Å². The zero-order valence-corrected chi connectivity index (χ0v) is 17.1. The summed E-state index contributed by atoms with van der Waals surface area (Å²) in [5, 5.41) is 10.3. The molecule has 3 atom stereocenters. The molecule has 0 spiro atoms. The Balaban J connectivity index is 1.54. The van der Waals surface area contributed by atoms with E-state index in [1.54, 1.807) is 18.0 Å². The molecule has 7 heteroatoms. The van der Waals surface area contributed by atoms with Crippen LogP contribution in [0, 0.1) is 0 Å². The second-order valence-corrected chi connectivity index (χ2v) is 8.14. The number of hydrogen-bond acceptors (Lipinski definition) is 6. The molecule has 1 aliphatic rings. The normalized spacial score (nSPS) is 21.9. The first kappa shape index (κ1) is 20.0. The maximum atomic E-state index is 9.31. The van der Waals surface area contributed by atoms with E-state index >= 15 is 0 Å². The molecular weight excluding hydrogens is 386 g/mol. The van der Waals surface area contributed by atoms with Gasteiger partial charge >= 0.3 is 0 Å². The zero-order chi connectivity index (χ0) is 20.2. The Morgan fingerprint density at radius 2 is 2.00 bits per heavy atom. The summed E-state index contributed by atoms with van der Waals surface area (Å²) in [7, 11) is 1.99. The van der Waals surface area contributed by atoms with Gasteiger partial charge in [0.15, 0.2) is 11.4 Å². The summed E-state index contributed by atoms with van der Waals surface area (Å²) in [5.41, 5.74) is 9.52. The summed E-state index contributed by atoms with van der Waals surface area (Å²) in [5.74, 6) is 0.776. The topological polar surface area (TPSA) is 82.5 Å². The van der Waals surface area contributed by atoms with Gasteiger partial charge in [-0.25, -0.2) is 4.98 Å². The van der Waals surface area contributed by atoms with Gasteiger partial charge in [0.1, 0.15) is 0 Å². The number of thioether (sulfide) groups is 1. The summed E-state index contributed by atoms with van der Waals surface area (Å²) in [6.45, 7) is 0.0315. The highest BCUT2D eigenvalue weighted by atomic mass is 32.2. The lowest BCUT2D eigenvalue weighted by atomic mass is 10.0. The van der Waals surface area contributed by atoms with Crippen molar-refractivity contribution in [2.24, 2.45) is 7.05 Å². The third-order valence-corrected chi connectivity index (χ3v) is 6.16. The van der Waals surface area contributed by atoms with Crippen LogP contribution in [0.15, 0.2) is 66.1 Å². The van der Waals surface area contributed by atoms with E-state index in [4.69, 9.17) is 15.2 Å². The number of aryl methyl sites for hydroxylation is 1. The number of aliphatic hydroxyl groups is 1. The first-order chi connectivity index (χ1) is 14.1. The van der Waals surface area contributed by atoms with E-state index in [-0.39, 0.29) is 18.8 Å². The third kappa shape index (κ3) is 4.82. The van der Waals surface area contributed by atoms with Crippen molar-refractivity contribution < 1.29 is 14.6 Å². The third-order valence-electron chi connectivity index (χ3n) is 4.97. The van der Waals surface area contributed by atoms with Gasteiger partial charge in [-0.1, -0.05) is 48.2 Å². The van der Waals surface area contributed by atoms with Gasteiger partial charge in [-0.05, 0) is 23.3 Å². The molecule has 1 saturated heterocycles. The molecular formula is C22H25N3O3S. The number of nitrogens with two attached hydrogens (primary N) is 1. The number of hydrogen-bond donors (Lipinski definition) is 2. The lowest BCUT2D eigenvalue weighted by Crippen LogP contribution is -2.31. The lowest BCUT2D eigenvalue weighted by Gasteiger charge is -2.36. The maximum absolute atomic E-state index is 9.31. The van der Waals surface area contributed by atoms with E-state index < -0.39 is 6.29 Å². The molecule has 6 nitrogen and oxygen atoms in total. The van der Waals surface area contributed by atoms with Crippen LogP contribution in [0.4, 0.5) is 5.69 Å². The summed E-state index contributed by atoms with van der Waals surface area (Å²) in [6, 6.07) is 15.5. The van der Waals surface area contributed by atoms with Crippen molar-refractivity contribution in [3.8, 4) is 0 Å². The van der Waals surface area contributed by atoms with Gasteiger partial charge in [0.05, 0.1) is 18.8 Å². The highest BCUT2D eigenvalue weighted by Crippen LogP contribution is 2.39. The van der Waals surface area contributed by atoms with Crippen molar-refractivity contribution in [3.63, 3.8) is 0 Å². The van der Waals surface area contributed by atoms with Crippen molar-refractivity contribution in [2.45, 2.75) is 36.7 Å². The van der Waals surface area contributed by atoms with Gasteiger partial charge in [-0.15, -0.1) is 0 Å². The van der Waals surface area contributed by atoms with E-state index in [1.807, 2.05) is 66.3 Å². The van der Waals surface area contributed by atoms with Crippen molar-refractivity contribution in [1.29, 1.82) is 0 Å². The van der Waals surface area contributed by atoms with Crippen molar-refractivity contribution in [3.05, 3.63) is 77.6 Å². The van der Waals surface area contributed by atoms with E-state index in [0.29, 0.717) is 5.69 Å². The molecule has 152 valence electrons. The summed E-state index contributed by atoms with van der Waals surface area (Å²) >= 11 is 1.68. The average molecular weight is 412 g/mol. The van der Waals surface area contributed by atoms with Gasteiger partial charge < -0.3 is 24.9 Å². The Labute approximate surface area is 174 Å². The number of nitrogen functional groups attached to an aromatic ring is 1. The minimum Gasteiger partial charge on any atom is -0.399 e. The number of anilines is 1. The molecule has 1 aliphatic heterocycles. The predicted octanol–water partition coefficient (Wildman–Crippen LogP) is 3.83. The summed E-state index contributed by atoms with van der Waals surface area (Å²) < 4.78 is 14.6. The molecule has 0 aliphatic carbocycles. The fraction of sp³-hybridized carbons (Fsp3) is 0.318.